The molecule has 0 aliphatic carbocycles. The lowest BCUT2D eigenvalue weighted by Gasteiger charge is -2.31. The highest BCUT2D eigenvalue weighted by Gasteiger charge is 2.41. The monoisotopic (exact) mass is 1970 g/mol. The van der Waals surface area contributed by atoms with Crippen LogP contribution in [0, 0.1) is 27.1 Å². The summed E-state index contributed by atoms with van der Waals surface area (Å²) in [7, 11) is 45.2. The Morgan fingerprint density at radius 3 is 0.578 bits per heavy atom. The first-order valence-electron chi connectivity index (χ1n) is 37.8. The molecule has 0 N–H and O–H groups in total. The zero-order valence-corrected chi connectivity index (χ0v) is 84.9. The number of likely N-dealkylation sites (N-methyl/N-ethyl adjacent to an activating group) is 6. The Balaban J connectivity index is -0.000000150. The van der Waals surface area contributed by atoms with E-state index in [4.69, 9.17) is 71.1 Å². The molecule has 0 spiro atoms. The topological polar surface area (TPSA) is 319 Å². The van der Waals surface area contributed by atoms with Crippen LogP contribution >= 0.6 is 82.8 Å². The quantitative estimate of drug-likeness (QED) is 0.0214. The summed E-state index contributed by atoms with van der Waals surface area (Å²) >= 11 is 0. The van der Waals surface area contributed by atoms with Gasteiger partial charge in [0.05, 0.1) is 190 Å². The zero-order chi connectivity index (χ0) is 87.3. The number of hydrogen-bond acceptors (Lipinski definition) is 28. The molecule has 38 heteroatoms. The second-order valence-corrected chi connectivity index (χ2v) is 34.5. The summed E-state index contributed by atoms with van der Waals surface area (Å²) in [6, 6.07) is 0. The Morgan fingerprint density at radius 2 is 0.422 bits per heavy atom. The van der Waals surface area contributed by atoms with E-state index in [-0.39, 0.29) is 149 Å². The average molecular weight is 1970 g/mol. The van der Waals surface area contributed by atoms with E-state index in [9.17, 15) is 47.9 Å². The van der Waals surface area contributed by atoms with Crippen LogP contribution in [0.5, 0.6) is 0 Å². The van der Waals surface area contributed by atoms with E-state index in [0.717, 1.165) is 120 Å². The molecule has 0 aliphatic heterocycles. The molecule has 0 fully saturated rings. The van der Waals surface area contributed by atoms with E-state index < -0.39 is 86.8 Å². The maximum atomic E-state index is 12.3. The van der Waals surface area contributed by atoms with Crippen LogP contribution in [0.2, 0.25) is 0 Å². The van der Waals surface area contributed by atoms with Crippen molar-refractivity contribution >= 4 is 142 Å². The summed E-state index contributed by atoms with van der Waals surface area (Å²) < 4.78 is 80.9. The van der Waals surface area contributed by atoms with E-state index in [0.29, 0.717) is 33.0 Å². The molecule has 0 aliphatic rings. The van der Waals surface area contributed by atoms with E-state index in [1.54, 1.807) is 34.6 Å². The first kappa shape index (κ1) is 133. The van der Waals surface area contributed by atoms with Gasteiger partial charge in [0, 0.05) is 115 Å². The van der Waals surface area contributed by atoms with Gasteiger partial charge in [-0.05, 0) is 76.9 Å². The van der Waals surface area contributed by atoms with Crippen LogP contribution in [-0.4, -0.2) is 430 Å². The molecule has 0 rings (SSSR count). The standard InChI is InChI=1S/2C17H35N2O5.C16H33N2O5.2C14H28NO5.2BrH.2ClH.HI/c2*1-15(20)24-14-17(2,13-22-7)16(21)23-12-8-10-19(5,6)11-9-18(3)4;1-14(19)23-13-16(2,12-21-7)15(20)22-11-10-18(5,6)9-8-17(3)4;2*1-12(16)20-11-14(2,10-18-6)13(17)19-9-7-8-15(3,4)5;;;;;/h2*8-14H2,1-7H3;8-13H2,1-7H3;2*7-11H2,1-6H3;5*1H/q5*+1;;;;;. The lowest BCUT2D eigenvalue weighted by Crippen LogP contribution is -2.47. The Hall–Kier alpha value is -3.55. The van der Waals surface area contributed by atoms with Gasteiger partial charge in [0.1, 0.15) is 73.3 Å². The summed E-state index contributed by atoms with van der Waals surface area (Å²) in [5.74, 6) is -4.14. The van der Waals surface area contributed by atoms with Gasteiger partial charge in [-0.25, -0.2) is 0 Å². The molecule has 0 amide bonds. The Labute approximate surface area is 749 Å². The van der Waals surface area contributed by atoms with Crippen molar-refractivity contribution in [1.82, 2.24) is 14.7 Å². The SMILES string of the molecule is Br.Br.COCC(C)(COC(C)=O)C(=O)OCCC[N+](C)(C)C.COCC(C)(COC(C)=O)C(=O)OCCC[N+](C)(C)C.COCC(C)(COC(C)=O)C(=O)OCCC[N+](C)(C)CCN(C)C.COCC(C)(COC(C)=O)C(=O)OCCC[N+](C)(C)CCN(C)C.COCC(C)(COC(C)=O)C(=O)OCC[N+](C)(C)CCN(C)C.Cl.Cl.I. The van der Waals surface area contributed by atoms with Crippen molar-refractivity contribution in [2.45, 2.75) is 94.9 Å². The molecular formula is C78H164Br2Cl2IN8O25+5. The minimum absolute atomic E-state index is 0. The van der Waals surface area contributed by atoms with Crippen molar-refractivity contribution < 1.29 is 141 Å². The molecule has 0 saturated carbocycles. The van der Waals surface area contributed by atoms with Gasteiger partial charge in [0.25, 0.3) is 0 Å². The van der Waals surface area contributed by atoms with Crippen molar-refractivity contribution in [2.75, 3.05) is 334 Å². The van der Waals surface area contributed by atoms with Gasteiger partial charge < -0.3 is 108 Å². The van der Waals surface area contributed by atoms with Crippen molar-refractivity contribution in [3.63, 3.8) is 0 Å². The zero-order valence-electron chi connectivity index (χ0n) is 77.5. The molecule has 5 unspecified atom stereocenters. The van der Waals surface area contributed by atoms with Crippen LogP contribution < -0.4 is 0 Å². The number of carbonyl (C=O) groups is 10. The number of methoxy groups -OCH3 is 5. The summed E-state index contributed by atoms with van der Waals surface area (Å²) in [6.45, 7) is 27.6. The Kier molecular flexibility index (Phi) is 79.1. The first-order chi connectivity index (χ1) is 50.8. The Bertz CT molecular complexity index is 2540. The molecule has 116 heavy (non-hydrogen) atoms. The maximum Gasteiger partial charge on any atom is 0.317 e. The predicted octanol–water partition coefficient (Wildman–Crippen LogP) is 6.23. The van der Waals surface area contributed by atoms with Crippen LogP contribution in [0.4, 0.5) is 0 Å². The summed E-state index contributed by atoms with van der Waals surface area (Å²) in [6.07, 6.45) is 3.13. The fourth-order valence-corrected chi connectivity index (χ4v) is 9.42. The number of carbonyl (C=O) groups excluding carboxylic acids is 10. The van der Waals surface area contributed by atoms with Gasteiger partial charge in [0.15, 0.2) is 0 Å². The molecule has 5 atom stereocenters. The summed E-state index contributed by atoms with van der Waals surface area (Å²) in [5, 5.41) is 0. The van der Waals surface area contributed by atoms with Crippen molar-refractivity contribution in [2.24, 2.45) is 27.1 Å². The van der Waals surface area contributed by atoms with Crippen molar-refractivity contribution in [1.29, 1.82) is 0 Å². The van der Waals surface area contributed by atoms with Gasteiger partial charge in [-0.3, -0.25) is 47.9 Å². The van der Waals surface area contributed by atoms with Crippen LogP contribution in [0.3, 0.4) is 0 Å². The number of quaternary nitrogens is 5. The third-order valence-electron chi connectivity index (χ3n) is 16.8. The maximum absolute atomic E-state index is 12.3. The highest BCUT2D eigenvalue weighted by molar-refractivity contribution is 14.0. The fourth-order valence-electron chi connectivity index (χ4n) is 9.42. The van der Waals surface area contributed by atoms with E-state index in [1.807, 2.05) is 14.1 Å². The molecular weight excluding hydrogens is 1810 g/mol. The number of nitrogens with zero attached hydrogens (tertiary/aromatic N) is 8. The Morgan fingerprint density at radius 1 is 0.259 bits per heavy atom. The molecule has 33 nitrogen and oxygen atoms in total. The number of ether oxygens (including phenoxy) is 15. The third-order valence-corrected chi connectivity index (χ3v) is 16.8. The van der Waals surface area contributed by atoms with Gasteiger partial charge in [-0.15, -0.1) is 82.8 Å². The highest BCUT2D eigenvalue weighted by atomic mass is 127. The van der Waals surface area contributed by atoms with E-state index >= 15 is 0 Å². The highest BCUT2D eigenvalue weighted by Crippen LogP contribution is 2.25. The number of esters is 10. The van der Waals surface area contributed by atoms with Gasteiger partial charge in [-0.2, -0.15) is 0 Å². The largest absolute Gasteiger partial charge is 0.465 e. The molecule has 0 heterocycles. The smallest absolute Gasteiger partial charge is 0.317 e. The van der Waals surface area contributed by atoms with E-state index in [2.05, 4.69) is 127 Å². The van der Waals surface area contributed by atoms with Gasteiger partial charge in [-0.1, -0.05) is 0 Å². The molecule has 0 aromatic carbocycles. The molecule has 0 bridgehead atoms. The van der Waals surface area contributed by atoms with Crippen LogP contribution in [0.25, 0.3) is 0 Å². The van der Waals surface area contributed by atoms with Crippen LogP contribution in [0.1, 0.15) is 94.9 Å². The molecule has 0 saturated heterocycles. The van der Waals surface area contributed by atoms with Gasteiger partial charge >= 0.3 is 59.7 Å². The molecule has 0 aromatic heterocycles. The second-order valence-electron chi connectivity index (χ2n) is 34.5. The lowest BCUT2D eigenvalue weighted by molar-refractivity contribution is -0.890. The minimum Gasteiger partial charge on any atom is -0.465 e. The number of hydrogen-bond donors (Lipinski definition) is 0. The van der Waals surface area contributed by atoms with Crippen molar-refractivity contribution in [3.05, 3.63) is 0 Å². The molecule has 696 valence electrons. The van der Waals surface area contributed by atoms with Gasteiger partial charge in [0.2, 0.25) is 0 Å². The molecule has 0 aromatic rings. The van der Waals surface area contributed by atoms with E-state index in [1.165, 1.54) is 70.2 Å². The normalized spacial score (nSPS) is 13.8. The predicted molar refractivity (Wildman–Crippen MR) is 474 cm³/mol. The number of halogens is 5. The second kappa shape index (κ2) is 68.9. The number of rotatable bonds is 53. The lowest BCUT2D eigenvalue weighted by atomic mass is 9.93. The summed E-state index contributed by atoms with van der Waals surface area (Å²) in [5.41, 5.74) is -4.86. The first-order valence-corrected chi connectivity index (χ1v) is 37.8. The van der Waals surface area contributed by atoms with Crippen molar-refractivity contribution in [3.8, 4) is 0 Å². The minimum atomic E-state index is -0.985. The fraction of sp³-hybridized carbons (Fsp3) is 0.872. The average Bonchev–Trinajstić information content (AvgIpc) is 0.877. The third kappa shape index (κ3) is 74.3. The van der Waals surface area contributed by atoms with Crippen LogP contribution in [-0.2, 0) is 119 Å². The molecule has 0 radical (unpaired) electrons. The summed E-state index contributed by atoms with van der Waals surface area (Å²) in [4.78, 5) is 122. The van der Waals surface area contributed by atoms with Crippen LogP contribution in [0.15, 0.2) is 0 Å².